The van der Waals surface area contributed by atoms with Crippen LogP contribution in [-0.2, 0) is 14.3 Å². The summed E-state index contributed by atoms with van der Waals surface area (Å²) in [5, 5.41) is 14.4. The summed E-state index contributed by atoms with van der Waals surface area (Å²) >= 11 is 0. The lowest BCUT2D eigenvalue weighted by Gasteiger charge is -2.14. The highest BCUT2D eigenvalue weighted by molar-refractivity contribution is 5.77. The molecule has 0 radical (unpaired) electrons. The molecule has 0 aliphatic heterocycles. The zero-order chi connectivity index (χ0) is 11.5. The van der Waals surface area contributed by atoms with E-state index in [9.17, 15) is 4.79 Å². The van der Waals surface area contributed by atoms with E-state index < -0.39 is 0 Å². The lowest BCUT2D eigenvalue weighted by molar-refractivity contribution is -0.120. The first-order valence-electron chi connectivity index (χ1n) is 4.83. The Morgan fingerprint density at radius 2 is 2.13 bits per heavy atom. The SMILES string of the molecule is COCCNC(=O)CNC(CO)COC. The predicted molar refractivity (Wildman–Crippen MR) is 55.6 cm³/mol. The van der Waals surface area contributed by atoms with Crippen LogP contribution in [-0.4, -0.2) is 64.2 Å². The van der Waals surface area contributed by atoms with Crippen LogP contribution in [0.25, 0.3) is 0 Å². The van der Waals surface area contributed by atoms with E-state index in [0.717, 1.165) is 0 Å². The largest absolute Gasteiger partial charge is 0.395 e. The Morgan fingerprint density at radius 1 is 1.40 bits per heavy atom. The number of hydrogen-bond donors (Lipinski definition) is 3. The standard InChI is InChI=1S/C9H20N2O4/c1-14-4-3-10-9(13)5-11-8(6-12)7-15-2/h8,11-12H,3-7H2,1-2H3,(H,10,13). The Balaban J connectivity index is 3.50. The molecule has 0 rings (SSSR count). The number of aliphatic hydroxyl groups excluding tert-OH is 1. The van der Waals surface area contributed by atoms with Crippen molar-refractivity contribution in [2.75, 3.05) is 47.1 Å². The summed E-state index contributed by atoms with van der Waals surface area (Å²) in [6, 6.07) is -0.205. The maximum absolute atomic E-state index is 11.2. The van der Waals surface area contributed by atoms with E-state index >= 15 is 0 Å². The first kappa shape index (κ1) is 14.3. The summed E-state index contributed by atoms with van der Waals surface area (Å²) in [7, 11) is 3.12. The minimum atomic E-state index is -0.205. The third-order valence-electron chi connectivity index (χ3n) is 1.77. The highest BCUT2D eigenvalue weighted by Crippen LogP contribution is 1.82. The molecule has 6 nitrogen and oxygen atoms in total. The molecule has 3 N–H and O–H groups in total. The van der Waals surface area contributed by atoms with E-state index in [4.69, 9.17) is 14.6 Å². The summed E-state index contributed by atoms with van der Waals surface area (Å²) in [5.74, 6) is -0.124. The van der Waals surface area contributed by atoms with Gasteiger partial charge in [0.05, 0.1) is 32.4 Å². The molecule has 0 bridgehead atoms. The van der Waals surface area contributed by atoms with Crippen molar-refractivity contribution in [1.29, 1.82) is 0 Å². The molecule has 6 heteroatoms. The third-order valence-corrected chi connectivity index (χ3v) is 1.77. The lowest BCUT2D eigenvalue weighted by Crippen LogP contribution is -2.43. The second-order valence-corrected chi connectivity index (χ2v) is 3.06. The van der Waals surface area contributed by atoms with Gasteiger partial charge >= 0.3 is 0 Å². The van der Waals surface area contributed by atoms with E-state index in [1.807, 2.05) is 0 Å². The van der Waals surface area contributed by atoms with Crippen LogP contribution in [0.15, 0.2) is 0 Å². The number of methoxy groups -OCH3 is 2. The van der Waals surface area contributed by atoms with E-state index in [0.29, 0.717) is 19.8 Å². The van der Waals surface area contributed by atoms with Crippen LogP contribution in [0.2, 0.25) is 0 Å². The summed E-state index contributed by atoms with van der Waals surface area (Å²) < 4.78 is 9.63. The van der Waals surface area contributed by atoms with Gasteiger partial charge in [-0.1, -0.05) is 0 Å². The van der Waals surface area contributed by atoms with Crippen molar-refractivity contribution in [2.24, 2.45) is 0 Å². The molecule has 0 aromatic carbocycles. The van der Waals surface area contributed by atoms with Gasteiger partial charge in [0, 0.05) is 20.8 Å². The van der Waals surface area contributed by atoms with Gasteiger partial charge in [-0.05, 0) is 0 Å². The van der Waals surface area contributed by atoms with Crippen molar-refractivity contribution >= 4 is 5.91 Å². The fourth-order valence-electron chi connectivity index (χ4n) is 0.969. The van der Waals surface area contributed by atoms with Gasteiger partial charge in [-0.15, -0.1) is 0 Å². The van der Waals surface area contributed by atoms with Crippen LogP contribution in [0.4, 0.5) is 0 Å². The van der Waals surface area contributed by atoms with Gasteiger partial charge in [0.1, 0.15) is 0 Å². The van der Waals surface area contributed by atoms with Crippen molar-refractivity contribution in [2.45, 2.75) is 6.04 Å². The summed E-state index contributed by atoms with van der Waals surface area (Å²) in [6.45, 7) is 1.47. The molecular weight excluding hydrogens is 200 g/mol. The Morgan fingerprint density at radius 3 is 2.67 bits per heavy atom. The number of amides is 1. The smallest absolute Gasteiger partial charge is 0.234 e. The van der Waals surface area contributed by atoms with E-state index in [1.54, 1.807) is 14.2 Å². The molecule has 0 aliphatic carbocycles. The molecule has 0 aliphatic rings. The van der Waals surface area contributed by atoms with E-state index in [2.05, 4.69) is 10.6 Å². The predicted octanol–water partition coefficient (Wildman–Crippen LogP) is -1.65. The number of rotatable bonds is 9. The Bertz CT molecular complexity index is 166. The molecule has 15 heavy (non-hydrogen) atoms. The molecule has 0 heterocycles. The average Bonchev–Trinajstić information content (AvgIpc) is 2.24. The molecule has 0 aromatic heterocycles. The molecule has 0 saturated carbocycles. The average molecular weight is 220 g/mol. The molecule has 1 atom stereocenters. The molecule has 0 spiro atoms. The maximum Gasteiger partial charge on any atom is 0.234 e. The molecule has 0 fully saturated rings. The van der Waals surface area contributed by atoms with Crippen molar-refractivity contribution in [3.8, 4) is 0 Å². The van der Waals surface area contributed by atoms with Gasteiger partial charge in [0.15, 0.2) is 0 Å². The van der Waals surface area contributed by atoms with Gasteiger partial charge in [-0.25, -0.2) is 0 Å². The second-order valence-electron chi connectivity index (χ2n) is 3.06. The zero-order valence-corrected chi connectivity index (χ0v) is 9.28. The molecule has 0 aromatic rings. The quantitative estimate of drug-likeness (QED) is 0.406. The number of ether oxygens (including phenoxy) is 2. The summed E-state index contributed by atoms with van der Waals surface area (Å²) in [5.41, 5.74) is 0. The van der Waals surface area contributed by atoms with Crippen LogP contribution < -0.4 is 10.6 Å². The first-order chi connectivity index (χ1) is 7.24. The highest BCUT2D eigenvalue weighted by Gasteiger charge is 2.08. The van der Waals surface area contributed by atoms with Crippen LogP contribution >= 0.6 is 0 Å². The molecule has 1 amide bonds. The molecule has 90 valence electrons. The Hall–Kier alpha value is -0.690. The van der Waals surface area contributed by atoms with Gasteiger partial charge in [-0.2, -0.15) is 0 Å². The molecular formula is C9H20N2O4. The Kier molecular flexibility index (Phi) is 9.40. The van der Waals surface area contributed by atoms with Crippen molar-refractivity contribution in [3.05, 3.63) is 0 Å². The van der Waals surface area contributed by atoms with Crippen LogP contribution in [0, 0.1) is 0 Å². The molecule has 0 saturated heterocycles. The van der Waals surface area contributed by atoms with Gasteiger partial charge in [0.2, 0.25) is 5.91 Å². The van der Waals surface area contributed by atoms with Crippen molar-refractivity contribution < 1.29 is 19.4 Å². The summed E-state index contributed by atoms with van der Waals surface area (Å²) in [4.78, 5) is 11.2. The van der Waals surface area contributed by atoms with Gasteiger partial charge in [0.25, 0.3) is 0 Å². The van der Waals surface area contributed by atoms with Crippen LogP contribution in [0.3, 0.4) is 0 Å². The van der Waals surface area contributed by atoms with Gasteiger partial charge in [-0.3, -0.25) is 4.79 Å². The normalized spacial score (nSPS) is 12.5. The van der Waals surface area contributed by atoms with Gasteiger partial charge < -0.3 is 25.2 Å². The first-order valence-corrected chi connectivity index (χ1v) is 4.83. The van der Waals surface area contributed by atoms with Crippen molar-refractivity contribution in [3.63, 3.8) is 0 Å². The van der Waals surface area contributed by atoms with E-state index in [1.165, 1.54) is 0 Å². The number of carbonyl (C=O) groups is 1. The lowest BCUT2D eigenvalue weighted by atomic mass is 10.3. The Labute approximate surface area is 89.9 Å². The zero-order valence-electron chi connectivity index (χ0n) is 9.28. The van der Waals surface area contributed by atoms with E-state index in [-0.39, 0.29) is 25.1 Å². The third kappa shape index (κ3) is 8.31. The minimum Gasteiger partial charge on any atom is -0.395 e. The minimum absolute atomic E-state index is 0.0564. The fourth-order valence-corrected chi connectivity index (χ4v) is 0.969. The number of hydrogen-bond acceptors (Lipinski definition) is 5. The van der Waals surface area contributed by atoms with Crippen LogP contribution in [0.5, 0.6) is 0 Å². The maximum atomic E-state index is 11.2. The highest BCUT2D eigenvalue weighted by atomic mass is 16.5. The molecule has 1 unspecified atom stereocenters. The fraction of sp³-hybridized carbons (Fsp3) is 0.889. The number of carbonyl (C=O) groups excluding carboxylic acids is 1. The number of nitrogens with one attached hydrogen (secondary N) is 2. The monoisotopic (exact) mass is 220 g/mol. The van der Waals surface area contributed by atoms with Crippen molar-refractivity contribution in [1.82, 2.24) is 10.6 Å². The topological polar surface area (TPSA) is 79.8 Å². The summed E-state index contributed by atoms with van der Waals surface area (Å²) in [6.07, 6.45) is 0. The second kappa shape index (κ2) is 9.85. The number of aliphatic hydroxyl groups is 1. The van der Waals surface area contributed by atoms with Crippen LogP contribution in [0.1, 0.15) is 0 Å².